The third-order valence-corrected chi connectivity index (χ3v) is 9.58. The highest BCUT2D eigenvalue weighted by Crippen LogP contribution is 2.42. The van der Waals surface area contributed by atoms with Gasteiger partial charge in [0.15, 0.2) is 0 Å². The van der Waals surface area contributed by atoms with Crippen molar-refractivity contribution in [1.29, 1.82) is 0 Å². The molecule has 282 valence electrons. The number of methoxy groups -OCH3 is 1. The zero-order valence-electron chi connectivity index (χ0n) is 33.5. The lowest BCUT2D eigenvalue weighted by molar-refractivity contribution is -0.137. The molecule has 47 heavy (non-hydrogen) atoms. The van der Waals surface area contributed by atoms with Crippen molar-refractivity contribution in [1.82, 2.24) is 20.4 Å². The number of amides is 3. The summed E-state index contributed by atoms with van der Waals surface area (Å²) < 4.78 is 4.71. The van der Waals surface area contributed by atoms with E-state index in [0.29, 0.717) is 32.5 Å². The number of hydrogen-bond donors (Lipinski definition) is 4. The number of aliphatic hydroxyl groups excluding tert-OH is 1. The number of carbonyl (C=O) groups is 4. The molecule has 0 bridgehead atoms. The molecule has 1 rings (SSSR count). The first-order chi connectivity index (χ1) is 21.7. The van der Waals surface area contributed by atoms with Crippen molar-refractivity contribution in [3.05, 3.63) is 0 Å². The summed E-state index contributed by atoms with van der Waals surface area (Å²) in [5.74, 6) is -0.177. The Morgan fingerprint density at radius 3 is 1.68 bits per heavy atom. The first kappa shape index (κ1) is 52.1. The van der Waals surface area contributed by atoms with Gasteiger partial charge in [-0.05, 0) is 50.0 Å². The molecule has 3 amide bonds. The van der Waals surface area contributed by atoms with Crippen LogP contribution in [-0.2, 0) is 23.9 Å². The first-order valence-corrected chi connectivity index (χ1v) is 17.9. The Labute approximate surface area is 295 Å². The van der Waals surface area contributed by atoms with Crippen LogP contribution in [0.1, 0.15) is 123 Å². The van der Waals surface area contributed by atoms with Crippen molar-refractivity contribution in [3.63, 3.8) is 0 Å². The molecule has 1 aliphatic heterocycles. The molecule has 11 heteroatoms. The van der Waals surface area contributed by atoms with Crippen molar-refractivity contribution in [3.8, 4) is 0 Å². The summed E-state index contributed by atoms with van der Waals surface area (Å²) in [6.07, 6.45) is 2.73. The Kier molecular flexibility index (Phi) is 29.1. The van der Waals surface area contributed by atoms with Gasteiger partial charge in [-0.25, -0.2) is 0 Å². The maximum Gasteiger partial charge on any atom is 0.234 e. The van der Waals surface area contributed by atoms with Crippen molar-refractivity contribution in [2.75, 3.05) is 60.6 Å². The van der Waals surface area contributed by atoms with Gasteiger partial charge in [0.05, 0.1) is 25.7 Å². The molecule has 0 aromatic heterocycles. The molecule has 0 aromatic carbocycles. The number of ether oxygens (including phenoxy) is 1. The van der Waals surface area contributed by atoms with E-state index in [9.17, 15) is 19.2 Å². The summed E-state index contributed by atoms with van der Waals surface area (Å²) in [5.41, 5.74) is -1.08. The predicted molar refractivity (Wildman–Crippen MR) is 201 cm³/mol. The highest BCUT2D eigenvalue weighted by molar-refractivity contribution is 7.81. The zero-order chi connectivity index (χ0) is 38.2. The van der Waals surface area contributed by atoms with Crippen LogP contribution in [0.15, 0.2) is 0 Å². The minimum atomic E-state index is -0.580. The second-order valence-corrected chi connectivity index (χ2v) is 14.5. The summed E-state index contributed by atoms with van der Waals surface area (Å²) in [4.78, 5) is 53.5. The van der Waals surface area contributed by atoms with Crippen LogP contribution < -0.4 is 10.6 Å². The Bertz CT molecular complexity index is 878. The van der Waals surface area contributed by atoms with Gasteiger partial charge in [-0.2, -0.15) is 12.6 Å². The molecular formula is C36H76N4O6S. The number of aliphatic hydroxyl groups is 1. The highest BCUT2D eigenvalue weighted by Gasteiger charge is 2.41. The van der Waals surface area contributed by atoms with Crippen LogP contribution in [0, 0.1) is 16.2 Å². The number of nitrogens with one attached hydrogen (secondary N) is 2. The molecule has 1 saturated heterocycles. The fraction of sp³-hybridized carbons (Fsp3) is 0.889. The lowest BCUT2D eigenvalue weighted by Crippen LogP contribution is -2.50. The van der Waals surface area contributed by atoms with Gasteiger partial charge in [0.2, 0.25) is 17.7 Å². The van der Waals surface area contributed by atoms with Gasteiger partial charge < -0.3 is 30.2 Å². The fourth-order valence-corrected chi connectivity index (χ4v) is 4.95. The molecule has 1 aliphatic rings. The average molecular weight is 693 g/mol. The molecule has 0 saturated carbocycles. The third-order valence-electron chi connectivity index (χ3n) is 8.82. The zero-order valence-corrected chi connectivity index (χ0v) is 34.4. The number of likely N-dealkylation sites (N-methyl/N-ethyl adjacent to an activating group) is 1. The second kappa shape index (κ2) is 26.2. The Morgan fingerprint density at radius 1 is 0.809 bits per heavy atom. The molecule has 0 radical (unpaired) electrons. The lowest BCUT2D eigenvalue weighted by Gasteiger charge is -2.42. The van der Waals surface area contributed by atoms with Gasteiger partial charge in [0.25, 0.3) is 0 Å². The number of thiol groups is 1. The summed E-state index contributed by atoms with van der Waals surface area (Å²) >= 11 is 4.73. The normalized spacial score (nSPS) is 15.6. The summed E-state index contributed by atoms with van der Waals surface area (Å²) in [6.45, 7) is 29.9. The monoisotopic (exact) mass is 693 g/mol. The fourth-order valence-electron chi connectivity index (χ4n) is 4.79. The first-order valence-electron chi connectivity index (χ1n) is 17.4. The number of hydrogen-bond acceptors (Lipinski definition) is 8. The van der Waals surface area contributed by atoms with Crippen LogP contribution in [-0.4, -0.2) is 110 Å². The SMILES string of the molecule is CC.CC.CC.CO.COCC1CCCN1C(=O)CC(C)(C)C(C)(C)CNC(=O)CN(C)CC(=O)NCC(C)(S)C(C)(C)CC(C)=O. The van der Waals surface area contributed by atoms with E-state index in [4.69, 9.17) is 22.5 Å². The number of Topliss-reactive ketones (excluding diaryl/α,β-unsaturated/α-hetero) is 1. The van der Waals surface area contributed by atoms with E-state index in [1.54, 1.807) is 26.0 Å². The topological polar surface area (TPSA) is 128 Å². The van der Waals surface area contributed by atoms with Crippen LogP contribution in [0.3, 0.4) is 0 Å². The third kappa shape index (κ3) is 19.8. The Balaban J connectivity index is -0.00000107. The highest BCUT2D eigenvalue weighted by atomic mass is 32.1. The molecular weight excluding hydrogens is 616 g/mol. The van der Waals surface area contributed by atoms with Crippen molar-refractivity contribution >= 4 is 36.1 Å². The van der Waals surface area contributed by atoms with Crippen molar-refractivity contribution < 1.29 is 29.0 Å². The van der Waals surface area contributed by atoms with E-state index in [0.717, 1.165) is 26.5 Å². The van der Waals surface area contributed by atoms with Gasteiger partial charge in [-0.15, -0.1) is 0 Å². The molecule has 10 nitrogen and oxygen atoms in total. The summed E-state index contributed by atoms with van der Waals surface area (Å²) in [7, 11) is 4.39. The molecule has 0 aliphatic carbocycles. The van der Waals surface area contributed by atoms with Gasteiger partial charge in [0, 0.05) is 51.4 Å². The molecule has 0 spiro atoms. The van der Waals surface area contributed by atoms with E-state index in [1.165, 1.54) is 0 Å². The van der Waals surface area contributed by atoms with Crippen LogP contribution in [0.25, 0.3) is 0 Å². The van der Waals surface area contributed by atoms with E-state index in [1.807, 2.05) is 67.2 Å². The van der Waals surface area contributed by atoms with Crippen molar-refractivity contribution in [2.24, 2.45) is 16.2 Å². The Hall–Kier alpha value is -1.69. The molecule has 0 aromatic rings. The maximum atomic E-state index is 13.1. The predicted octanol–water partition coefficient (Wildman–Crippen LogP) is 5.61. The van der Waals surface area contributed by atoms with Gasteiger partial charge in [0.1, 0.15) is 5.78 Å². The summed E-state index contributed by atoms with van der Waals surface area (Å²) in [6, 6.07) is 0.141. The number of nitrogens with zero attached hydrogens (tertiary/aromatic N) is 2. The average Bonchev–Trinajstić information content (AvgIpc) is 3.47. The summed E-state index contributed by atoms with van der Waals surface area (Å²) in [5, 5.41) is 12.9. The minimum absolute atomic E-state index is 0.0618. The molecule has 2 atom stereocenters. The van der Waals surface area contributed by atoms with E-state index >= 15 is 0 Å². The number of ketones is 1. The standard InChI is InChI=1S/C29H54N4O5S.3C2H6.CH4O/c1-21(34)14-27(4,5)29(8,39)20-31-24(36)17-32(9)16-23(35)30-19-28(6,7)26(2,3)15-25(37)33-13-11-12-22(33)18-38-10;4*1-2/h22,39H,11-20H2,1-10H3,(H,30,35)(H,31,36);3*1-2H3;2H,1H3. The molecule has 1 fully saturated rings. The maximum absolute atomic E-state index is 13.1. The Morgan fingerprint density at radius 2 is 1.26 bits per heavy atom. The number of likely N-dealkylation sites (tertiary alicyclic amines) is 1. The number of carbonyl (C=O) groups excluding carboxylic acids is 4. The largest absolute Gasteiger partial charge is 0.400 e. The van der Waals surface area contributed by atoms with Gasteiger partial charge in [-0.1, -0.05) is 83.1 Å². The second-order valence-electron chi connectivity index (χ2n) is 13.5. The van der Waals surface area contributed by atoms with E-state index < -0.39 is 10.2 Å². The van der Waals surface area contributed by atoms with Gasteiger partial charge >= 0.3 is 0 Å². The van der Waals surface area contributed by atoms with Crippen molar-refractivity contribution in [2.45, 2.75) is 133 Å². The molecule has 2 unspecified atom stereocenters. The quantitative estimate of drug-likeness (QED) is 0.155. The van der Waals surface area contributed by atoms with Crippen LogP contribution in [0.5, 0.6) is 0 Å². The molecule has 1 heterocycles. The van der Waals surface area contributed by atoms with Crippen LogP contribution >= 0.6 is 12.6 Å². The van der Waals surface area contributed by atoms with Gasteiger partial charge in [-0.3, -0.25) is 19.3 Å². The molecule has 3 N–H and O–H groups in total. The lowest BCUT2D eigenvalue weighted by atomic mass is 9.65. The smallest absolute Gasteiger partial charge is 0.234 e. The van der Waals surface area contributed by atoms with E-state index in [-0.39, 0.29) is 53.5 Å². The number of rotatable bonds is 16. The van der Waals surface area contributed by atoms with E-state index in [2.05, 4.69) is 38.3 Å². The van der Waals surface area contributed by atoms with Crippen LogP contribution in [0.4, 0.5) is 0 Å². The minimum Gasteiger partial charge on any atom is -0.400 e. The van der Waals surface area contributed by atoms with Crippen LogP contribution in [0.2, 0.25) is 0 Å².